The van der Waals surface area contributed by atoms with Crippen LogP contribution in [0.25, 0.3) is 0 Å². The smallest absolute Gasteiger partial charge is 0.0429 e. The van der Waals surface area contributed by atoms with E-state index in [-0.39, 0.29) is 10.8 Å². The van der Waals surface area contributed by atoms with Gasteiger partial charge in [0.1, 0.15) is 0 Å². The Hall–Kier alpha value is -1.28. The minimum absolute atomic E-state index is 0.192. The van der Waals surface area contributed by atoms with Gasteiger partial charge in [-0.15, -0.1) is 0 Å². The molecule has 1 aliphatic heterocycles. The third-order valence-electron chi connectivity index (χ3n) is 6.59. The van der Waals surface area contributed by atoms with Crippen LogP contribution in [0.3, 0.4) is 0 Å². The Bertz CT molecular complexity index is 851. The summed E-state index contributed by atoms with van der Waals surface area (Å²) >= 11 is 3.85. The van der Waals surface area contributed by atoms with Crippen LogP contribution in [0.1, 0.15) is 74.6 Å². The molecule has 0 amide bonds. The zero-order chi connectivity index (χ0) is 16.7. The predicted octanol–water partition coefficient (Wildman–Crippen LogP) is 6.76. The minimum Gasteiger partial charge on any atom is -0.355 e. The van der Waals surface area contributed by atoms with Crippen molar-refractivity contribution in [2.24, 2.45) is 0 Å². The van der Waals surface area contributed by atoms with Gasteiger partial charge in [0.05, 0.1) is 0 Å². The Kier molecular flexibility index (Phi) is 2.92. The highest BCUT2D eigenvalue weighted by atomic mass is 79.9. The van der Waals surface area contributed by atoms with Crippen molar-refractivity contribution in [3.63, 3.8) is 0 Å². The Labute approximate surface area is 153 Å². The molecule has 2 aromatic rings. The van der Waals surface area contributed by atoms with E-state index in [1.165, 1.54) is 47.1 Å². The van der Waals surface area contributed by atoms with E-state index >= 15 is 0 Å². The van der Waals surface area contributed by atoms with E-state index in [4.69, 9.17) is 0 Å². The number of rotatable bonds is 0. The summed E-state index contributed by atoms with van der Waals surface area (Å²) in [6.45, 7) is 6.95. The third kappa shape index (κ3) is 1.81. The van der Waals surface area contributed by atoms with Gasteiger partial charge in [-0.05, 0) is 77.5 Å². The summed E-state index contributed by atoms with van der Waals surface area (Å²) in [5.41, 5.74) is 9.26. The van der Waals surface area contributed by atoms with Crippen molar-refractivity contribution < 1.29 is 0 Å². The average Bonchev–Trinajstić information content (AvgIpc) is 2.57. The number of hydrogen-bond donors (Lipinski definition) is 1. The van der Waals surface area contributed by atoms with Gasteiger partial charge in [-0.25, -0.2) is 0 Å². The van der Waals surface area contributed by atoms with Crippen LogP contribution < -0.4 is 5.32 Å². The molecular formula is C22H24BrN. The second-order valence-corrected chi connectivity index (χ2v) is 9.73. The largest absolute Gasteiger partial charge is 0.355 e. The second kappa shape index (κ2) is 4.66. The van der Waals surface area contributed by atoms with Crippen molar-refractivity contribution in [3.8, 4) is 0 Å². The van der Waals surface area contributed by atoms with Gasteiger partial charge in [0.15, 0.2) is 0 Å². The van der Waals surface area contributed by atoms with Crippen LogP contribution in [-0.4, -0.2) is 0 Å². The van der Waals surface area contributed by atoms with Crippen molar-refractivity contribution in [2.45, 2.75) is 63.2 Å². The Morgan fingerprint density at radius 3 is 2.46 bits per heavy atom. The molecule has 0 aromatic heterocycles. The molecular weight excluding hydrogens is 358 g/mol. The van der Waals surface area contributed by atoms with Crippen molar-refractivity contribution in [2.75, 3.05) is 5.32 Å². The maximum absolute atomic E-state index is 3.85. The fourth-order valence-corrected chi connectivity index (χ4v) is 5.98. The molecule has 0 radical (unpaired) electrons. The van der Waals surface area contributed by atoms with Gasteiger partial charge in [0.2, 0.25) is 0 Å². The van der Waals surface area contributed by atoms with E-state index in [2.05, 4.69) is 72.3 Å². The first-order valence-corrected chi connectivity index (χ1v) is 9.94. The Balaban J connectivity index is 1.82. The van der Waals surface area contributed by atoms with Gasteiger partial charge in [-0.2, -0.15) is 0 Å². The van der Waals surface area contributed by atoms with E-state index in [0.717, 1.165) is 5.92 Å². The van der Waals surface area contributed by atoms with Crippen LogP contribution in [-0.2, 0) is 10.8 Å². The normalized spacial score (nSPS) is 26.6. The molecule has 2 heteroatoms. The van der Waals surface area contributed by atoms with Gasteiger partial charge >= 0.3 is 0 Å². The molecule has 24 heavy (non-hydrogen) atoms. The fourth-order valence-electron chi connectivity index (χ4n) is 5.33. The summed E-state index contributed by atoms with van der Waals surface area (Å²) in [5, 5.41) is 3.74. The number of hydrogen-bond acceptors (Lipinski definition) is 1. The zero-order valence-corrected chi connectivity index (χ0v) is 16.3. The molecule has 3 aliphatic carbocycles. The predicted molar refractivity (Wildman–Crippen MR) is 105 cm³/mol. The number of fused-ring (bicyclic) bond motifs is 3. The molecule has 2 aromatic carbocycles. The lowest BCUT2D eigenvalue weighted by molar-refractivity contribution is 0.278. The molecule has 1 fully saturated rings. The van der Waals surface area contributed by atoms with Crippen molar-refractivity contribution in [1.29, 1.82) is 0 Å². The topological polar surface area (TPSA) is 12.0 Å². The molecule has 2 bridgehead atoms. The SMILES string of the molecule is CC(C)(C)c1ccc2c(c1)C13CCC(CC1)c1c(Br)ccc(c13)N2. The van der Waals surface area contributed by atoms with Crippen LogP contribution in [0.5, 0.6) is 0 Å². The van der Waals surface area contributed by atoms with E-state index in [0.29, 0.717) is 0 Å². The fraction of sp³-hybridized carbons (Fsp3) is 0.455. The van der Waals surface area contributed by atoms with Crippen molar-refractivity contribution in [1.82, 2.24) is 0 Å². The molecule has 0 atom stereocenters. The van der Waals surface area contributed by atoms with E-state index < -0.39 is 0 Å². The van der Waals surface area contributed by atoms with Gasteiger partial charge in [-0.3, -0.25) is 0 Å². The van der Waals surface area contributed by atoms with Crippen LogP contribution in [0.4, 0.5) is 11.4 Å². The standard InChI is InChI=1S/C22H24BrN/c1-21(2,3)14-4-6-17-15(12-14)22-10-8-13(9-11-22)19-16(23)5-7-18(24-17)20(19)22/h4-7,12-13,24H,8-11H2,1-3H3. The summed E-state index contributed by atoms with van der Waals surface area (Å²) in [7, 11) is 0. The van der Waals surface area contributed by atoms with Crippen LogP contribution in [0.15, 0.2) is 34.8 Å². The highest BCUT2D eigenvalue weighted by Gasteiger charge is 2.50. The molecule has 124 valence electrons. The van der Waals surface area contributed by atoms with Crippen LogP contribution >= 0.6 is 15.9 Å². The molecule has 1 saturated carbocycles. The Morgan fingerprint density at radius 1 is 1.04 bits per heavy atom. The molecule has 4 aliphatic rings. The second-order valence-electron chi connectivity index (χ2n) is 8.88. The number of halogens is 1. The lowest BCUT2D eigenvalue weighted by Gasteiger charge is -2.52. The number of benzene rings is 2. The van der Waals surface area contributed by atoms with Gasteiger partial charge in [-0.1, -0.05) is 48.8 Å². The highest BCUT2D eigenvalue weighted by molar-refractivity contribution is 9.10. The summed E-state index contributed by atoms with van der Waals surface area (Å²) in [6.07, 6.45) is 5.26. The molecule has 1 spiro atoms. The first-order valence-electron chi connectivity index (χ1n) is 9.15. The molecule has 6 rings (SSSR count). The van der Waals surface area contributed by atoms with E-state index in [1.54, 1.807) is 16.7 Å². The third-order valence-corrected chi connectivity index (χ3v) is 7.28. The van der Waals surface area contributed by atoms with Crippen molar-refractivity contribution >= 4 is 27.3 Å². The summed E-state index contributed by atoms with van der Waals surface area (Å²) in [5.74, 6) is 0.741. The summed E-state index contributed by atoms with van der Waals surface area (Å²) < 4.78 is 1.31. The Morgan fingerprint density at radius 2 is 1.75 bits per heavy atom. The lowest BCUT2D eigenvalue weighted by Crippen LogP contribution is -2.42. The molecule has 1 heterocycles. The zero-order valence-electron chi connectivity index (χ0n) is 14.7. The lowest BCUT2D eigenvalue weighted by atomic mass is 9.53. The maximum atomic E-state index is 3.85. The van der Waals surface area contributed by atoms with Gasteiger partial charge in [0.25, 0.3) is 0 Å². The quantitative estimate of drug-likeness (QED) is 0.531. The molecule has 1 N–H and O–H groups in total. The average molecular weight is 382 g/mol. The maximum Gasteiger partial charge on any atom is 0.0429 e. The van der Waals surface area contributed by atoms with Gasteiger partial charge < -0.3 is 5.32 Å². The molecule has 1 nitrogen and oxygen atoms in total. The summed E-state index contributed by atoms with van der Waals surface area (Å²) in [4.78, 5) is 0. The van der Waals surface area contributed by atoms with Crippen LogP contribution in [0.2, 0.25) is 0 Å². The number of nitrogens with one attached hydrogen (secondary N) is 1. The first kappa shape index (κ1) is 15.0. The minimum atomic E-state index is 0.192. The van der Waals surface area contributed by atoms with E-state index in [1.807, 2.05) is 0 Å². The molecule has 0 unspecified atom stereocenters. The monoisotopic (exact) mass is 381 g/mol. The van der Waals surface area contributed by atoms with E-state index in [9.17, 15) is 0 Å². The summed E-state index contributed by atoms with van der Waals surface area (Å²) in [6, 6.07) is 11.6. The highest BCUT2D eigenvalue weighted by Crippen LogP contribution is 2.63. The van der Waals surface area contributed by atoms with Crippen LogP contribution in [0, 0.1) is 0 Å². The first-order chi connectivity index (χ1) is 11.4. The van der Waals surface area contributed by atoms with Gasteiger partial charge in [0, 0.05) is 21.3 Å². The number of anilines is 2. The molecule has 0 saturated heterocycles. The van der Waals surface area contributed by atoms with Crippen molar-refractivity contribution in [3.05, 3.63) is 57.1 Å².